The van der Waals surface area contributed by atoms with Crippen molar-refractivity contribution in [2.75, 3.05) is 0 Å². The molecule has 2 aliphatic carbocycles. The third-order valence-electron chi connectivity index (χ3n) is 5.03. The molecule has 0 heterocycles. The normalized spacial score (nSPS) is 39.8. The summed E-state index contributed by atoms with van der Waals surface area (Å²) in [6, 6.07) is 0. The van der Waals surface area contributed by atoms with Gasteiger partial charge in [0.15, 0.2) is 0 Å². The minimum atomic E-state index is -0.147. The minimum absolute atomic E-state index is 0.147. The van der Waals surface area contributed by atoms with Crippen LogP contribution < -0.4 is 0 Å². The molecule has 0 aromatic heterocycles. The molecule has 1 heteroatoms. The van der Waals surface area contributed by atoms with Crippen molar-refractivity contribution < 1.29 is 5.11 Å². The van der Waals surface area contributed by atoms with Crippen molar-refractivity contribution in [1.82, 2.24) is 0 Å². The van der Waals surface area contributed by atoms with Crippen molar-refractivity contribution in [3.8, 4) is 0 Å². The van der Waals surface area contributed by atoms with Gasteiger partial charge in [-0.25, -0.2) is 0 Å². The Morgan fingerprint density at radius 1 is 1.38 bits per heavy atom. The monoisotopic (exact) mass is 222 g/mol. The maximum atomic E-state index is 9.94. The Balaban J connectivity index is 2.27. The maximum Gasteiger partial charge on any atom is 0.0546 e. The molecule has 16 heavy (non-hydrogen) atoms. The summed E-state index contributed by atoms with van der Waals surface area (Å²) >= 11 is 0. The third kappa shape index (κ3) is 2.07. The molecule has 0 bridgehead atoms. The number of aliphatic hydroxyl groups excluding tert-OH is 1. The molecular formula is C15H26O. The van der Waals surface area contributed by atoms with Crippen molar-refractivity contribution in [1.29, 1.82) is 0 Å². The van der Waals surface area contributed by atoms with E-state index in [1.54, 1.807) is 0 Å². The first-order valence-electron chi connectivity index (χ1n) is 6.77. The van der Waals surface area contributed by atoms with Gasteiger partial charge < -0.3 is 5.11 Å². The number of hydrogen-bond acceptors (Lipinski definition) is 1. The molecule has 1 N–H and O–H groups in total. The third-order valence-corrected chi connectivity index (χ3v) is 5.03. The average molecular weight is 222 g/mol. The van der Waals surface area contributed by atoms with Crippen molar-refractivity contribution >= 4 is 0 Å². The van der Waals surface area contributed by atoms with Gasteiger partial charge in [-0.05, 0) is 62.7 Å². The zero-order chi connectivity index (χ0) is 11.9. The highest BCUT2D eigenvalue weighted by molar-refractivity contribution is 5.12. The summed E-state index contributed by atoms with van der Waals surface area (Å²) in [4.78, 5) is 0. The molecule has 2 aliphatic rings. The first kappa shape index (κ1) is 12.2. The zero-order valence-corrected chi connectivity index (χ0v) is 11.2. The van der Waals surface area contributed by atoms with E-state index < -0.39 is 0 Å². The predicted octanol–water partition coefficient (Wildman–Crippen LogP) is 3.78. The standard InChI is InChI=1S/C15H26O/c1-10-5-6-14-13(9-10)12(11(2)16)7-8-15(14,3)4/h9,11-14,16H,5-8H2,1-4H3. The van der Waals surface area contributed by atoms with E-state index in [4.69, 9.17) is 0 Å². The van der Waals surface area contributed by atoms with Gasteiger partial charge in [0.25, 0.3) is 0 Å². The molecule has 0 saturated heterocycles. The van der Waals surface area contributed by atoms with Crippen LogP contribution in [0.2, 0.25) is 0 Å². The van der Waals surface area contributed by atoms with Crippen LogP contribution in [0, 0.1) is 23.2 Å². The Kier molecular flexibility index (Phi) is 3.18. The number of rotatable bonds is 1. The lowest BCUT2D eigenvalue weighted by atomic mass is 9.55. The fourth-order valence-electron chi connectivity index (χ4n) is 3.92. The van der Waals surface area contributed by atoms with Crippen LogP contribution in [-0.2, 0) is 0 Å². The molecule has 4 unspecified atom stereocenters. The van der Waals surface area contributed by atoms with Crippen LogP contribution in [0.25, 0.3) is 0 Å². The zero-order valence-electron chi connectivity index (χ0n) is 11.2. The van der Waals surface area contributed by atoms with E-state index in [0.717, 1.165) is 5.92 Å². The summed E-state index contributed by atoms with van der Waals surface area (Å²) in [6.07, 6.45) is 7.37. The molecule has 0 radical (unpaired) electrons. The molecule has 2 rings (SSSR count). The van der Waals surface area contributed by atoms with E-state index in [2.05, 4.69) is 26.8 Å². The van der Waals surface area contributed by atoms with E-state index in [0.29, 0.717) is 17.3 Å². The number of allylic oxidation sites excluding steroid dienone is 2. The average Bonchev–Trinajstić information content (AvgIpc) is 2.16. The Labute approximate surface area is 99.9 Å². The van der Waals surface area contributed by atoms with Gasteiger partial charge in [-0.15, -0.1) is 0 Å². The van der Waals surface area contributed by atoms with E-state index in [-0.39, 0.29) is 6.10 Å². The van der Waals surface area contributed by atoms with Crippen LogP contribution in [0.5, 0.6) is 0 Å². The maximum absolute atomic E-state index is 9.94. The molecule has 1 saturated carbocycles. The molecule has 0 spiro atoms. The SMILES string of the molecule is CC1=CC2C(C(C)O)CCC(C)(C)C2CC1. The summed E-state index contributed by atoms with van der Waals surface area (Å²) in [5.74, 6) is 1.90. The van der Waals surface area contributed by atoms with Crippen molar-refractivity contribution in [2.24, 2.45) is 23.2 Å². The highest BCUT2D eigenvalue weighted by atomic mass is 16.3. The topological polar surface area (TPSA) is 20.2 Å². The number of fused-ring (bicyclic) bond motifs is 1. The molecule has 0 aromatic carbocycles. The second kappa shape index (κ2) is 4.18. The first-order chi connectivity index (χ1) is 7.42. The molecule has 1 fully saturated rings. The molecule has 0 aliphatic heterocycles. The van der Waals surface area contributed by atoms with Crippen LogP contribution in [0.15, 0.2) is 11.6 Å². The molecule has 0 amide bonds. The lowest BCUT2D eigenvalue weighted by Crippen LogP contribution is -2.43. The van der Waals surface area contributed by atoms with Crippen molar-refractivity contribution in [3.05, 3.63) is 11.6 Å². The van der Waals surface area contributed by atoms with Crippen LogP contribution in [0.4, 0.5) is 0 Å². The Morgan fingerprint density at radius 2 is 2.06 bits per heavy atom. The largest absolute Gasteiger partial charge is 0.393 e. The molecular weight excluding hydrogens is 196 g/mol. The van der Waals surface area contributed by atoms with E-state index >= 15 is 0 Å². The second-order valence-corrected chi connectivity index (χ2v) is 6.67. The summed E-state index contributed by atoms with van der Waals surface area (Å²) < 4.78 is 0. The fraction of sp³-hybridized carbons (Fsp3) is 0.867. The van der Waals surface area contributed by atoms with Crippen LogP contribution in [0.3, 0.4) is 0 Å². The predicted molar refractivity (Wildman–Crippen MR) is 68.2 cm³/mol. The van der Waals surface area contributed by atoms with E-state index in [9.17, 15) is 5.11 Å². The molecule has 0 aromatic rings. The van der Waals surface area contributed by atoms with Crippen LogP contribution >= 0.6 is 0 Å². The van der Waals surface area contributed by atoms with Crippen molar-refractivity contribution in [2.45, 2.75) is 59.5 Å². The summed E-state index contributed by atoms with van der Waals surface area (Å²) in [7, 11) is 0. The lowest BCUT2D eigenvalue weighted by Gasteiger charge is -2.50. The Hall–Kier alpha value is -0.300. The fourth-order valence-corrected chi connectivity index (χ4v) is 3.92. The second-order valence-electron chi connectivity index (χ2n) is 6.67. The van der Waals surface area contributed by atoms with Gasteiger partial charge in [0.2, 0.25) is 0 Å². The van der Waals surface area contributed by atoms with E-state index in [1.807, 2.05) is 6.92 Å². The quantitative estimate of drug-likeness (QED) is 0.669. The Bertz CT molecular complexity index is 288. The van der Waals surface area contributed by atoms with Crippen LogP contribution in [-0.4, -0.2) is 11.2 Å². The van der Waals surface area contributed by atoms with Crippen LogP contribution in [0.1, 0.15) is 53.4 Å². The first-order valence-corrected chi connectivity index (χ1v) is 6.77. The van der Waals surface area contributed by atoms with Gasteiger partial charge in [0, 0.05) is 0 Å². The van der Waals surface area contributed by atoms with Gasteiger partial charge in [-0.1, -0.05) is 25.5 Å². The molecule has 1 nitrogen and oxygen atoms in total. The highest BCUT2D eigenvalue weighted by Crippen LogP contribution is 2.52. The molecule has 4 atom stereocenters. The van der Waals surface area contributed by atoms with Gasteiger partial charge in [0.05, 0.1) is 6.10 Å². The summed E-state index contributed by atoms with van der Waals surface area (Å²) in [5.41, 5.74) is 2.00. The summed E-state index contributed by atoms with van der Waals surface area (Å²) in [6.45, 7) is 9.05. The number of hydrogen-bond donors (Lipinski definition) is 1. The van der Waals surface area contributed by atoms with Gasteiger partial charge in [0.1, 0.15) is 0 Å². The number of aliphatic hydroxyl groups is 1. The van der Waals surface area contributed by atoms with Gasteiger partial charge in [-0.2, -0.15) is 0 Å². The Morgan fingerprint density at radius 3 is 2.69 bits per heavy atom. The minimum Gasteiger partial charge on any atom is -0.393 e. The van der Waals surface area contributed by atoms with Gasteiger partial charge in [-0.3, -0.25) is 0 Å². The van der Waals surface area contributed by atoms with Gasteiger partial charge >= 0.3 is 0 Å². The molecule has 92 valence electrons. The smallest absolute Gasteiger partial charge is 0.0546 e. The summed E-state index contributed by atoms with van der Waals surface area (Å²) in [5, 5.41) is 9.94. The lowest BCUT2D eigenvalue weighted by molar-refractivity contribution is -0.0145. The highest BCUT2D eigenvalue weighted by Gasteiger charge is 2.44. The van der Waals surface area contributed by atoms with Crippen molar-refractivity contribution in [3.63, 3.8) is 0 Å². The van der Waals surface area contributed by atoms with E-state index in [1.165, 1.54) is 31.3 Å².